The van der Waals surface area contributed by atoms with Crippen molar-refractivity contribution in [2.75, 3.05) is 11.5 Å². The van der Waals surface area contributed by atoms with E-state index in [4.69, 9.17) is 11.5 Å². The minimum absolute atomic E-state index is 0.0280. The van der Waals surface area contributed by atoms with Crippen molar-refractivity contribution in [3.05, 3.63) is 45.0 Å². The zero-order chi connectivity index (χ0) is 12.2. The highest BCUT2D eigenvalue weighted by atomic mass is 127. The van der Waals surface area contributed by atoms with E-state index in [0.717, 1.165) is 20.3 Å². The Morgan fingerprint density at radius 3 is 2.12 bits per heavy atom. The molecule has 84 valence electrons. The lowest BCUT2D eigenvalue weighted by atomic mass is 10.0. The van der Waals surface area contributed by atoms with Crippen LogP contribution in [0.1, 0.15) is 15.9 Å². The summed E-state index contributed by atoms with van der Waals surface area (Å²) in [6.07, 6.45) is 0. The second-order valence-corrected chi connectivity index (χ2v) is 5.29. The molecular weight excluding hydrogens is 327 g/mol. The molecule has 0 amide bonds. The standard InChI is InChI=1S/C13H9IN2O/c14-6-1-2-7-8-4-11(15)12(16)5-10(8)13(17)9(7)3-6/h1-5H,15-16H2. The lowest BCUT2D eigenvalue weighted by Gasteiger charge is -2.04. The summed E-state index contributed by atoms with van der Waals surface area (Å²) in [5, 5.41) is 0. The molecule has 2 aromatic rings. The van der Waals surface area contributed by atoms with Crippen molar-refractivity contribution in [1.82, 2.24) is 0 Å². The maximum Gasteiger partial charge on any atom is 0.194 e. The fraction of sp³-hybridized carbons (Fsp3) is 0. The van der Waals surface area contributed by atoms with Gasteiger partial charge in [-0.3, -0.25) is 4.79 Å². The molecule has 0 aliphatic heterocycles. The summed E-state index contributed by atoms with van der Waals surface area (Å²) in [5.41, 5.74) is 15.7. The first-order valence-corrected chi connectivity index (χ1v) is 6.19. The zero-order valence-corrected chi connectivity index (χ0v) is 11.0. The number of halogens is 1. The fourth-order valence-corrected chi connectivity index (χ4v) is 2.62. The summed E-state index contributed by atoms with van der Waals surface area (Å²) in [4.78, 5) is 12.2. The lowest BCUT2D eigenvalue weighted by molar-refractivity contribution is 0.104. The molecule has 0 aromatic heterocycles. The van der Waals surface area contributed by atoms with E-state index in [1.165, 1.54) is 0 Å². The summed E-state index contributed by atoms with van der Waals surface area (Å²) >= 11 is 2.19. The van der Waals surface area contributed by atoms with Crippen LogP contribution in [-0.2, 0) is 0 Å². The molecule has 0 saturated carbocycles. The van der Waals surface area contributed by atoms with E-state index < -0.39 is 0 Å². The number of rotatable bonds is 0. The van der Waals surface area contributed by atoms with Crippen LogP contribution < -0.4 is 11.5 Å². The van der Waals surface area contributed by atoms with E-state index in [0.29, 0.717) is 16.9 Å². The molecule has 0 saturated heterocycles. The Labute approximate surface area is 112 Å². The van der Waals surface area contributed by atoms with Gasteiger partial charge < -0.3 is 11.5 Å². The molecule has 0 atom stereocenters. The minimum atomic E-state index is 0.0280. The third-order valence-electron chi connectivity index (χ3n) is 2.98. The van der Waals surface area contributed by atoms with Crippen molar-refractivity contribution in [3.8, 4) is 11.1 Å². The molecule has 1 aliphatic rings. The Hall–Kier alpha value is -1.56. The number of hydrogen-bond donors (Lipinski definition) is 2. The molecule has 0 bridgehead atoms. The number of nitrogens with two attached hydrogens (primary N) is 2. The number of carbonyl (C=O) groups is 1. The molecule has 4 heteroatoms. The Kier molecular flexibility index (Phi) is 2.16. The van der Waals surface area contributed by atoms with Crippen LogP contribution in [0.4, 0.5) is 11.4 Å². The van der Waals surface area contributed by atoms with Crippen molar-refractivity contribution < 1.29 is 4.79 Å². The number of anilines is 2. The van der Waals surface area contributed by atoms with Gasteiger partial charge in [-0.15, -0.1) is 0 Å². The summed E-state index contributed by atoms with van der Waals surface area (Å²) in [6.45, 7) is 0. The molecule has 3 nitrogen and oxygen atoms in total. The molecule has 0 spiro atoms. The molecule has 3 rings (SSSR count). The van der Waals surface area contributed by atoms with Crippen LogP contribution in [0, 0.1) is 3.57 Å². The summed E-state index contributed by atoms with van der Waals surface area (Å²) in [6, 6.07) is 9.27. The van der Waals surface area contributed by atoms with Crippen LogP contribution in [0.2, 0.25) is 0 Å². The van der Waals surface area contributed by atoms with Gasteiger partial charge in [-0.05, 0) is 58.0 Å². The van der Waals surface area contributed by atoms with E-state index in [-0.39, 0.29) is 5.78 Å². The molecule has 0 fully saturated rings. The monoisotopic (exact) mass is 336 g/mol. The highest BCUT2D eigenvalue weighted by molar-refractivity contribution is 14.1. The largest absolute Gasteiger partial charge is 0.397 e. The summed E-state index contributed by atoms with van der Waals surface area (Å²) < 4.78 is 1.04. The number of benzene rings is 2. The first kappa shape index (κ1) is 10.6. The summed E-state index contributed by atoms with van der Waals surface area (Å²) in [7, 11) is 0. The Morgan fingerprint density at radius 1 is 0.824 bits per heavy atom. The van der Waals surface area contributed by atoms with Gasteiger partial charge in [0.2, 0.25) is 0 Å². The van der Waals surface area contributed by atoms with Crippen LogP contribution in [0.5, 0.6) is 0 Å². The highest BCUT2D eigenvalue weighted by Crippen LogP contribution is 2.39. The van der Waals surface area contributed by atoms with Crippen molar-refractivity contribution in [2.24, 2.45) is 0 Å². The topological polar surface area (TPSA) is 69.1 Å². The second kappa shape index (κ2) is 3.46. The first-order valence-electron chi connectivity index (χ1n) is 5.11. The molecule has 17 heavy (non-hydrogen) atoms. The van der Waals surface area contributed by atoms with Crippen molar-refractivity contribution in [2.45, 2.75) is 0 Å². The van der Waals surface area contributed by atoms with Gasteiger partial charge in [0.25, 0.3) is 0 Å². The van der Waals surface area contributed by atoms with Gasteiger partial charge in [0.1, 0.15) is 0 Å². The number of carbonyl (C=O) groups excluding carboxylic acids is 1. The van der Waals surface area contributed by atoms with Crippen LogP contribution >= 0.6 is 22.6 Å². The Balaban J connectivity index is 2.35. The van der Waals surface area contributed by atoms with Gasteiger partial charge in [-0.2, -0.15) is 0 Å². The van der Waals surface area contributed by atoms with E-state index in [1.54, 1.807) is 12.1 Å². The molecule has 0 unspecified atom stereocenters. The predicted octanol–water partition coefficient (Wildman–Crippen LogP) is 2.67. The number of nitrogen functional groups attached to an aromatic ring is 2. The number of hydrogen-bond acceptors (Lipinski definition) is 3. The fourth-order valence-electron chi connectivity index (χ4n) is 2.13. The number of ketones is 1. The molecule has 2 aromatic carbocycles. The van der Waals surface area contributed by atoms with E-state index in [1.807, 2.05) is 18.2 Å². The maximum absolute atomic E-state index is 12.2. The average molecular weight is 336 g/mol. The van der Waals surface area contributed by atoms with Crippen molar-refractivity contribution in [3.63, 3.8) is 0 Å². The Morgan fingerprint density at radius 2 is 1.41 bits per heavy atom. The van der Waals surface area contributed by atoms with Gasteiger partial charge in [-0.25, -0.2) is 0 Å². The Bertz CT molecular complexity index is 665. The molecular formula is C13H9IN2O. The smallest absolute Gasteiger partial charge is 0.194 e. The van der Waals surface area contributed by atoms with E-state index >= 15 is 0 Å². The SMILES string of the molecule is Nc1cc2c(cc1N)-c1ccc(I)cc1C2=O. The van der Waals surface area contributed by atoms with Crippen molar-refractivity contribution in [1.29, 1.82) is 0 Å². The van der Waals surface area contributed by atoms with Gasteiger partial charge in [-0.1, -0.05) is 6.07 Å². The molecule has 1 aliphatic carbocycles. The van der Waals surface area contributed by atoms with Crippen LogP contribution in [0.3, 0.4) is 0 Å². The van der Waals surface area contributed by atoms with Gasteiger partial charge in [0.05, 0.1) is 11.4 Å². The number of fused-ring (bicyclic) bond motifs is 3. The molecule has 4 N–H and O–H groups in total. The third-order valence-corrected chi connectivity index (χ3v) is 3.66. The van der Waals surface area contributed by atoms with E-state index in [9.17, 15) is 4.79 Å². The zero-order valence-electron chi connectivity index (χ0n) is 8.83. The normalized spacial score (nSPS) is 12.4. The summed E-state index contributed by atoms with van der Waals surface area (Å²) in [5.74, 6) is 0.0280. The lowest BCUT2D eigenvalue weighted by Crippen LogP contribution is -1.99. The molecule has 0 radical (unpaired) electrons. The van der Waals surface area contributed by atoms with Crippen LogP contribution in [0.15, 0.2) is 30.3 Å². The van der Waals surface area contributed by atoms with Gasteiger partial charge in [0, 0.05) is 14.7 Å². The van der Waals surface area contributed by atoms with Crippen LogP contribution in [0.25, 0.3) is 11.1 Å². The van der Waals surface area contributed by atoms with Gasteiger partial charge in [0.15, 0.2) is 5.78 Å². The maximum atomic E-state index is 12.2. The van der Waals surface area contributed by atoms with Crippen LogP contribution in [-0.4, -0.2) is 5.78 Å². The minimum Gasteiger partial charge on any atom is -0.397 e. The average Bonchev–Trinajstić information content (AvgIpc) is 2.54. The van der Waals surface area contributed by atoms with Crippen molar-refractivity contribution >= 4 is 39.7 Å². The third kappa shape index (κ3) is 1.44. The van der Waals surface area contributed by atoms with E-state index in [2.05, 4.69) is 22.6 Å². The molecule has 0 heterocycles. The van der Waals surface area contributed by atoms with Gasteiger partial charge >= 0.3 is 0 Å². The second-order valence-electron chi connectivity index (χ2n) is 4.05. The highest BCUT2D eigenvalue weighted by Gasteiger charge is 2.27. The first-order chi connectivity index (χ1) is 8.08. The predicted molar refractivity (Wildman–Crippen MR) is 76.9 cm³/mol. The quantitative estimate of drug-likeness (QED) is 0.490.